The number of benzene rings is 2. The van der Waals surface area contributed by atoms with Crippen molar-refractivity contribution in [1.82, 2.24) is 0 Å². The van der Waals surface area contributed by atoms with Crippen molar-refractivity contribution < 1.29 is 0 Å². The van der Waals surface area contributed by atoms with Crippen molar-refractivity contribution in [1.29, 1.82) is 5.26 Å². The minimum atomic E-state index is 0.464. The number of nitrogens with one attached hydrogen (secondary N) is 1. The standard InChI is InChI=1S/C16H15ClN2/c1-11(2)12-6-8-13(9-7-12)19-16-5-3-4-15(17)14(16)10-18/h3-9,11,19H,1-2H3. The highest BCUT2D eigenvalue weighted by Crippen LogP contribution is 2.27. The van der Waals surface area contributed by atoms with E-state index in [9.17, 15) is 0 Å². The molecule has 96 valence electrons. The molecule has 0 aliphatic rings. The molecule has 0 amide bonds. The molecule has 0 saturated carbocycles. The smallest absolute Gasteiger partial charge is 0.103 e. The largest absolute Gasteiger partial charge is 0.354 e. The molecule has 0 saturated heterocycles. The van der Waals surface area contributed by atoms with Gasteiger partial charge >= 0.3 is 0 Å². The number of rotatable bonds is 3. The van der Waals surface area contributed by atoms with Gasteiger partial charge in [0.2, 0.25) is 0 Å². The fraction of sp³-hybridized carbons (Fsp3) is 0.188. The molecule has 0 atom stereocenters. The summed E-state index contributed by atoms with van der Waals surface area (Å²) in [5.74, 6) is 0.509. The number of nitriles is 1. The summed E-state index contributed by atoms with van der Waals surface area (Å²) in [5.41, 5.74) is 3.43. The van der Waals surface area contributed by atoms with Crippen molar-refractivity contribution in [2.45, 2.75) is 19.8 Å². The molecule has 0 bridgehead atoms. The third-order valence-electron chi connectivity index (χ3n) is 2.98. The Bertz CT molecular complexity index is 610. The third kappa shape index (κ3) is 3.07. The van der Waals surface area contributed by atoms with Gasteiger partial charge in [0.25, 0.3) is 0 Å². The van der Waals surface area contributed by atoms with Crippen LogP contribution in [0.5, 0.6) is 0 Å². The van der Waals surface area contributed by atoms with Crippen LogP contribution in [-0.4, -0.2) is 0 Å². The fourth-order valence-electron chi connectivity index (χ4n) is 1.85. The van der Waals surface area contributed by atoms with Gasteiger partial charge in [-0.05, 0) is 35.7 Å². The van der Waals surface area contributed by atoms with Gasteiger partial charge in [-0.3, -0.25) is 0 Å². The Kier molecular flexibility index (Phi) is 4.09. The Balaban J connectivity index is 2.27. The molecule has 0 aliphatic carbocycles. The van der Waals surface area contributed by atoms with Crippen molar-refractivity contribution >= 4 is 23.0 Å². The number of anilines is 2. The van der Waals surface area contributed by atoms with Crippen molar-refractivity contribution in [3.8, 4) is 6.07 Å². The normalized spacial score (nSPS) is 10.3. The second-order valence-corrected chi connectivity index (χ2v) is 5.08. The summed E-state index contributed by atoms with van der Waals surface area (Å²) in [7, 11) is 0. The first-order valence-corrected chi connectivity index (χ1v) is 6.55. The molecule has 2 rings (SSSR count). The highest BCUT2D eigenvalue weighted by atomic mass is 35.5. The Morgan fingerprint density at radius 3 is 2.37 bits per heavy atom. The van der Waals surface area contributed by atoms with Crippen LogP contribution in [0.4, 0.5) is 11.4 Å². The van der Waals surface area contributed by atoms with Crippen molar-refractivity contribution in [2.75, 3.05) is 5.32 Å². The maximum atomic E-state index is 9.12. The second kappa shape index (κ2) is 5.77. The van der Waals surface area contributed by atoms with Gasteiger partial charge in [-0.15, -0.1) is 0 Å². The summed E-state index contributed by atoms with van der Waals surface area (Å²) in [5, 5.41) is 12.8. The van der Waals surface area contributed by atoms with Gasteiger partial charge < -0.3 is 5.32 Å². The van der Waals surface area contributed by atoms with E-state index in [-0.39, 0.29) is 0 Å². The number of hydrogen-bond acceptors (Lipinski definition) is 2. The Labute approximate surface area is 118 Å². The fourth-order valence-corrected chi connectivity index (χ4v) is 2.07. The summed E-state index contributed by atoms with van der Waals surface area (Å²) < 4.78 is 0. The summed E-state index contributed by atoms with van der Waals surface area (Å²) >= 11 is 6.00. The maximum absolute atomic E-state index is 9.12. The molecule has 0 fully saturated rings. The SMILES string of the molecule is CC(C)c1ccc(Nc2cccc(Cl)c2C#N)cc1. The minimum absolute atomic E-state index is 0.464. The lowest BCUT2D eigenvalue weighted by Gasteiger charge is -2.11. The first-order chi connectivity index (χ1) is 9.11. The molecule has 0 spiro atoms. The lowest BCUT2D eigenvalue weighted by molar-refractivity contribution is 0.867. The molecule has 1 N–H and O–H groups in total. The molecule has 3 heteroatoms. The van der Waals surface area contributed by atoms with Gasteiger partial charge in [-0.1, -0.05) is 43.6 Å². The van der Waals surface area contributed by atoms with Crippen molar-refractivity contribution in [2.24, 2.45) is 0 Å². The predicted molar refractivity (Wildman–Crippen MR) is 80.0 cm³/mol. The lowest BCUT2D eigenvalue weighted by atomic mass is 10.0. The van der Waals surface area contributed by atoms with Crippen LogP contribution in [0.3, 0.4) is 0 Å². The maximum Gasteiger partial charge on any atom is 0.103 e. The molecule has 19 heavy (non-hydrogen) atoms. The molecule has 0 aliphatic heterocycles. The molecule has 0 unspecified atom stereocenters. The zero-order valence-corrected chi connectivity index (χ0v) is 11.7. The second-order valence-electron chi connectivity index (χ2n) is 4.68. The van der Waals surface area contributed by atoms with Gasteiger partial charge in [-0.25, -0.2) is 0 Å². The number of nitrogens with zero attached hydrogens (tertiary/aromatic N) is 1. The van der Waals surface area contributed by atoms with E-state index in [1.165, 1.54) is 5.56 Å². The molecule has 2 nitrogen and oxygen atoms in total. The number of halogens is 1. The van der Waals surface area contributed by atoms with Gasteiger partial charge in [-0.2, -0.15) is 5.26 Å². The van der Waals surface area contributed by atoms with E-state index in [1.807, 2.05) is 24.3 Å². The van der Waals surface area contributed by atoms with Crippen LogP contribution >= 0.6 is 11.6 Å². The minimum Gasteiger partial charge on any atom is -0.354 e. The first-order valence-electron chi connectivity index (χ1n) is 6.17. The topological polar surface area (TPSA) is 35.8 Å². The number of hydrogen-bond donors (Lipinski definition) is 1. The molecule has 0 aromatic heterocycles. The highest BCUT2D eigenvalue weighted by molar-refractivity contribution is 6.32. The van der Waals surface area contributed by atoms with Crippen LogP contribution in [-0.2, 0) is 0 Å². The molecular weight excluding hydrogens is 256 g/mol. The van der Waals surface area contributed by atoms with E-state index < -0.39 is 0 Å². The molecular formula is C16H15ClN2. The monoisotopic (exact) mass is 270 g/mol. The molecule has 0 heterocycles. The van der Waals surface area contributed by atoms with E-state index in [0.717, 1.165) is 11.4 Å². The van der Waals surface area contributed by atoms with E-state index in [4.69, 9.17) is 16.9 Å². The van der Waals surface area contributed by atoms with Crippen LogP contribution in [0.25, 0.3) is 0 Å². The Hall–Kier alpha value is -1.98. The summed E-state index contributed by atoms with van der Waals surface area (Å²) in [6.07, 6.45) is 0. The predicted octanol–water partition coefficient (Wildman–Crippen LogP) is 5.08. The van der Waals surface area contributed by atoms with Crippen LogP contribution in [0, 0.1) is 11.3 Å². The van der Waals surface area contributed by atoms with Crippen molar-refractivity contribution in [3.05, 3.63) is 58.6 Å². The summed E-state index contributed by atoms with van der Waals surface area (Å²) in [6, 6.07) is 15.7. The summed E-state index contributed by atoms with van der Waals surface area (Å²) in [4.78, 5) is 0. The highest BCUT2D eigenvalue weighted by Gasteiger charge is 2.06. The van der Waals surface area contributed by atoms with Crippen LogP contribution in [0.2, 0.25) is 5.02 Å². The van der Waals surface area contributed by atoms with E-state index in [0.29, 0.717) is 16.5 Å². The summed E-state index contributed by atoms with van der Waals surface area (Å²) in [6.45, 7) is 4.32. The van der Waals surface area contributed by atoms with Gasteiger partial charge in [0, 0.05) is 5.69 Å². The average Bonchev–Trinajstić information content (AvgIpc) is 2.39. The Morgan fingerprint density at radius 2 is 1.79 bits per heavy atom. The first kappa shape index (κ1) is 13.5. The van der Waals surface area contributed by atoms with Gasteiger partial charge in [0.1, 0.15) is 6.07 Å². The van der Waals surface area contributed by atoms with Crippen LogP contribution in [0.1, 0.15) is 30.9 Å². The van der Waals surface area contributed by atoms with Crippen LogP contribution < -0.4 is 5.32 Å². The third-order valence-corrected chi connectivity index (χ3v) is 3.30. The van der Waals surface area contributed by atoms with Crippen molar-refractivity contribution in [3.63, 3.8) is 0 Å². The van der Waals surface area contributed by atoms with Crippen LogP contribution in [0.15, 0.2) is 42.5 Å². The Morgan fingerprint density at radius 1 is 1.11 bits per heavy atom. The molecule has 2 aromatic rings. The van der Waals surface area contributed by atoms with Gasteiger partial charge in [0.15, 0.2) is 0 Å². The molecule has 0 radical (unpaired) electrons. The lowest BCUT2D eigenvalue weighted by Crippen LogP contribution is -1.95. The molecule has 2 aromatic carbocycles. The zero-order valence-electron chi connectivity index (χ0n) is 10.9. The quantitative estimate of drug-likeness (QED) is 0.844. The van der Waals surface area contributed by atoms with E-state index in [2.05, 4.69) is 37.4 Å². The van der Waals surface area contributed by atoms with E-state index in [1.54, 1.807) is 6.07 Å². The van der Waals surface area contributed by atoms with E-state index >= 15 is 0 Å². The zero-order chi connectivity index (χ0) is 13.8. The average molecular weight is 271 g/mol. The van der Waals surface area contributed by atoms with Gasteiger partial charge in [0.05, 0.1) is 16.3 Å².